The molecule has 19 nitrogen and oxygen atoms in total. The van der Waals surface area contributed by atoms with E-state index in [1.54, 1.807) is 64.1 Å². The van der Waals surface area contributed by atoms with Gasteiger partial charge in [0.05, 0.1) is 0 Å². The average Bonchev–Trinajstić information content (AvgIpc) is 4.11. The zero-order chi connectivity index (χ0) is 55.8. The van der Waals surface area contributed by atoms with E-state index in [0.29, 0.717) is 56.1 Å². The molecule has 13 atom stereocenters. The van der Waals surface area contributed by atoms with E-state index in [-0.39, 0.29) is 38.1 Å². The summed E-state index contributed by atoms with van der Waals surface area (Å²) in [7, 11) is -1.40. The fourth-order valence-corrected chi connectivity index (χ4v) is 10.6. The van der Waals surface area contributed by atoms with E-state index in [2.05, 4.69) is 37.2 Å². The van der Waals surface area contributed by atoms with Gasteiger partial charge in [0.25, 0.3) is 0 Å². The number of carbonyl (C=O) groups is 9. The molecule has 3 saturated heterocycles. The number of benzene rings is 2. The molecular weight excluding hydrogens is 991 g/mol. The first kappa shape index (κ1) is 60.7. The molecule has 0 radical (unpaired) electrons. The number of rotatable bonds is 14. The van der Waals surface area contributed by atoms with Crippen LogP contribution >= 0.6 is 0 Å². The highest BCUT2D eigenvalue weighted by molar-refractivity contribution is 7.84. The van der Waals surface area contributed by atoms with Gasteiger partial charge in [0.1, 0.15) is 54.4 Å². The van der Waals surface area contributed by atoms with Crippen LogP contribution in [0.5, 0.6) is 0 Å². The van der Waals surface area contributed by atoms with Crippen molar-refractivity contribution in [1.82, 2.24) is 47.0 Å². The minimum absolute atomic E-state index is 0.000829. The molecule has 0 saturated carbocycles. The van der Waals surface area contributed by atoms with Crippen LogP contribution in [0, 0.1) is 23.7 Å². The summed E-state index contributed by atoms with van der Waals surface area (Å²) < 4.78 is 12.5. The summed E-state index contributed by atoms with van der Waals surface area (Å²) in [5.41, 5.74) is 1.40. The van der Waals surface area contributed by atoms with E-state index in [1.807, 2.05) is 52.0 Å². The van der Waals surface area contributed by atoms with E-state index >= 15 is 0 Å². The monoisotopic (exact) mass is 1070 g/mol. The molecule has 3 heterocycles. The highest BCUT2D eigenvalue weighted by Gasteiger charge is 2.46. The van der Waals surface area contributed by atoms with Crippen LogP contribution in [-0.2, 0) is 66.8 Å². The van der Waals surface area contributed by atoms with Gasteiger partial charge in [-0.3, -0.25) is 47.4 Å². The molecule has 7 N–H and O–H groups in total. The lowest BCUT2D eigenvalue weighted by molar-refractivity contribution is -0.149. The Morgan fingerprint density at radius 3 is 1.36 bits per heavy atom. The first-order chi connectivity index (χ1) is 36.2. The lowest BCUT2D eigenvalue weighted by atomic mass is 9.94. The number of amides is 9. The highest BCUT2D eigenvalue weighted by atomic mass is 32.2. The first-order valence-electron chi connectivity index (χ1n) is 27.3. The molecule has 418 valence electrons. The highest BCUT2D eigenvalue weighted by Crippen LogP contribution is 2.28. The molecule has 3 fully saturated rings. The maximum atomic E-state index is 14.8. The second-order valence-electron chi connectivity index (χ2n) is 21.4. The fraction of sp³-hybridized carbons (Fsp3) is 0.625. The van der Waals surface area contributed by atoms with Crippen LogP contribution in [0.25, 0.3) is 0 Å². The summed E-state index contributed by atoms with van der Waals surface area (Å²) in [5.74, 6) is -7.60. The van der Waals surface area contributed by atoms with Gasteiger partial charge in [-0.25, -0.2) is 0 Å². The molecule has 2 aromatic carbocycles. The topological polar surface area (TPSA) is 261 Å². The SMILES string of the molecule is CCC(C)C1NC(=O)C(CCS(C)=O)NC(=O)C(C(C)CC)NC(=O)C(C(C)C)NC(=O)C(Cc2ccccc2)NC(=O)C(Cc2ccccc2)NC(=O)C2CCCN2C(=O)C2CCCN2C(=O)C(C(C)CC)NC1=O. The molecular formula is C56H83N9O10S. The van der Waals surface area contributed by atoms with Gasteiger partial charge in [0, 0.05) is 48.7 Å². The molecule has 20 heteroatoms. The molecule has 9 amide bonds. The number of nitrogens with one attached hydrogen (secondary N) is 7. The summed E-state index contributed by atoms with van der Waals surface area (Å²) in [6.07, 6.45) is 4.31. The van der Waals surface area contributed by atoms with Crippen LogP contribution in [0.4, 0.5) is 0 Å². The van der Waals surface area contributed by atoms with Crippen LogP contribution < -0.4 is 37.2 Å². The van der Waals surface area contributed by atoms with Crippen LogP contribution in [0.3, 0.4) is 0 Å². The van der Waals surface area contributed by atoms with Crippen molar-refractivity contribution < 1.29 is 47.4 Å². The van der Waals surface area contributed by atoms with Crippen molar-refractivity contribution in [2.24, 2.45) is 23.7 Å². The van der Waals surface area contributed by atoms with E-state index in [9.17, 15) is 47.4 Å². The zero-order valence-corrected chi connectivity index (χ0v) is 46.7. The van der Waals surface area contributed by atoms with Gasteiger partial charge in [-0.15, -0.1) is 0 Å². The van der Waals surface area contributed by atoms with Crippen molar-refractivity contribution in [2.45, 2.75) is 174 Å². The normalized spacial score (nSPS) is 27.8. The number of nitrogens with zero attached hydrogens (tertiary/aromatic N) is 2. The Labute approximate surface area is 451 Å². The Kier molecular flexibility index (Phi) is 23.0. The molecule has 0 bridgehead atoms. The Hall–Kier alpha value is -6.18. The number of fused-ring (bicyclic) bond motifs is 2. The third-order valence-electron chi connectivity index (χ3n) is 15.4. The summed E-state index contributed by atoms with van der Waals surface area (Å²) >= 11 is 0. The minimum Gasteiger partial charge on any atom is -0.342 e. The van der Waals surface area contributed by atoms with Crippen molar-refractivity contribution in [2.75, 3.05) is 25.1 Å². The van der Waals surface area contributed by atoms with Gasteiger partial charge in [-0.2, -0.15) is 0 Å². The maximum absolute atomic E-state index is 14.8. The van der Waals surface area contributed by atoms with Crippen LogP contribution in [0.2, 0.25) is 0 Å². The van der Waals surface area contributed by atoms with Crippen LogP contribution in [0.1, 0.15) is 118 Å². The molecule has 13 unspecified atom stereocenters. The third-order valence-corrected chi connectivity index (χ3v) is 16.2. The molecule has 3 aliphatic heterocycles. The van der Waals surface area contributed by atoms with Gasteiger partial charge in [-0.05, 0) is 66.9 Å². The van der Waals surface area contributed by atoms with Gasteiger partial charge >= 0.3 is 0 Å². The van der Waals surface area contributed by atoms with Gasteiger partial charge in [0.15, 0.2) is 0 Å². The number of hydrogen-bond donors (Lipinski definition) is 7. The summed E-state index contributed by atoms with van der Waals surface area (Å²) in [5, 5.41) is 20.0. The lowest BCUT2D eigenvalue weighted by Crippen LogP contribution is -2.62. The van der Waals surface area contributed by atoms with Crippen molar-refractivity contribution in [3.05, 3.63) is 71.8 Å². The third kappa shape index (κ3) is 16.2. The predicted octanol–water partition coefficient (Wildman–Crippen LogP) is 2.42. The average molecular weight is 1070 g/mol. The van der Waals surface area contributed by atoms with Crippen molar-refractivity contribution in [3.8, 4) is 0 Å². The maximum Gasteiger partial charge on any atom is 0.246 e. The van der Waals surface area contributed by atoms with E-state index in [4.69, 9.17) is 0 Å². The van der Waals surface area contributed by atoms with E-state index in [0.717, 1.165) is 0 Å². The van der Waals surface area contributed by atoms with Crippen LogP contribution in [0.15, 0.2) is 60.7 Å². The minimum atomic E-state index is -1.40. The number of carbonyl (C=O) groups excluding carboxylic acids is 9. The summed E-state index contributed by atoms with van der Waals surface area (Å²) in [6.45, 7) is 14.8. The molecule has 0 spiro atoms. The Morgan fingerprint density at radius 2 is 0.855 bits per heavy atom. The van der Waals surface area contributed by atoms with E-state index in [1.165, 1.54) is 16.1 Å². The van der Waals surface area contributed by atoms with Gasteiger partial charge in [0.2, 0.25) is 53.2 Å². The zero-order valence-electron chi connectivity index (χ0n) is 45.9. The summed E-state index contributed by atoms with van der Waals surface area (Å²) in [4.78, 5) is 134. The van der Waals surface area contributed by atoms with Crippen molar-refractivity contribution in [1.29, 1.82) is 0 Å². The van der Waals surface area contributed by atoms with Gasteiger partial charge < -0.3 is 47.0 Å². The predicted molar refractivity (Wildman–Crippen MR) is 290 cm³/mol. The molecule has 0 aromatic heterocycles. The molecule has 2 aromatic rings. The largest absolute Gasteiger partial charge is 0.342 e. The fourth-order valence-electron chi connectivity index (χ4n) is 10.0. The van der Waals surface area contributed by atoms with Crippen LogP contribution in [-0.4, -0.2) is 147 Å². The van der Waals surface area contributed by atoms with Crippen molar-refractivity contribution >= 4 is 64.0 Å². The Morgan fingerprint density at radius 1 is 0.474 bits per heavy atom. The van der Waals surface area contributed by atoms with Gasteiger partial charge in [-0.1, -0.05) is 135 Å². The molecule has 3 aliphatic rings. The summed E-state index contributed by atoms with van der Waals surface area (Å²) in [6, 6.07) is 7.53. The second kappa shape index (κ2) is 28.8. The van der Waals surface area contributed by atoms with Crippen molar-refractivity contribution in [3.63, 3.8) is 0 Å². The lowest BCUT2D eigenvalue weighted by Gasteiger charge is -2.35. The second-order valence-corrected chi connectivity index (χ2v) is 22.9. The van der Waals surface area contributed by atoms with E-state index < -0.39 is 142 Å². The molecule has 76 heavy (non-hydrogen) atoms. The Balaban J connectivity index is 1.61. The molecule has 0 aliphatic carbocycles. The number of hydrogen-bond acceptors (Lipinski definition) is 10. The first-order valence-corrected chi connectivity index (χ1v) is 29.0. The standard InChI is InChI=1S/C56H83N9O10S/c1-10-34(6)45-53(71)57-39(27-30-76(9)75)48(66)61-46(35(7)11-2)54(72)63-47(36(8)12-3)56(74)65-29-20-26-43(65)55(73)64-28-19-25-42(64)51(69)59-40(31-37-21-15-13-16-22-37)49(67)58-41(32-38-23-17-14-18-24-38)50(68)60-44(33(4)5)52(70)62-45/h13-18,21-24,33-36,39-47H,10-12,19-20,25-32H2,1-9H3,(H,57,71)(H,58,67)(H,59,69)(H,60,68)(H,61,66)(H,62,70)(H,63,72). The quantitative estimate of drug-likeness (QED) is 0.145. The molecule has 5 rings (SSSR count). The smallest absolute Gasteiger partial charge is 0.246 e. The Bertz CT molecular complexity index is 2380.